The topological polar surface area (TPSA) is 69.7 Å². The highest BCUT2D eigenvalue weighted by molar-refractivity contribution is 5.84. The first-order valence-electron chi connectivity index (χ1n) is 5.92. The summed E-state index contributed by atoms with van der Waals surface area (Å²) >= 11 is 0. The zero-order valence-corrected chi connectivity index (χ0v) is 10.5. The molecule has 0 aliphatic rings. The number of hydrogen-bond donors (Lipinski definition) is 2. The number of imidazole rings is 1. The molecule has 0 saturated carbocycles. The molecule has 2 rings (SSSR count). The van der Waals surface area contributed by atoms with Gasteiger partial charge in [-0.15, -0.1) is 0 Å². The van der Waals surface area contributed by atoms with E-state index >= 15 is 0 Å². The molecule has 0 fully saturated rings. The molecular formula is C11H18N6. The number of aromatic nitrogens is 4. The Morgan fingerprint density at radius 2 is 2.18 bits per heavy atom. The molecule has 92 valence electrons. The lowest BCUT2D eigenvalue weighted by atomic mass is 10.4. The minimum Gasteiger partial charge on any atom is -0.358 e. The summed E-state index contributed by atoms with van der Waals surface area (Å²) in [4.78, 5) is 18.2. The molecule has 0 unspecified atom stereocenters. The molecule has 0 aliphatic heterocycles. The van der Waals surface area contributed by atoms with E-state index in [2.05, 4.69) is 44.0 Å². The zero-order chi connectivity index (χ0) is 12.3. The molecule has 2 aromatic rings. The summed E-state index contributed by atoms with van der Waals surface area (Å²) < 4.78 is 0. The highest BCUT2D eigenvalue weighted by atomic mass is 15.2. The zero-order valence-electron chi connectivity index (χ0n) is 10.5. The van der Waals surface area contributed by atoms with Crippen LogP contribution in [0.2, 0.25) is 0 Å². The van der Waals surface area contributed by atoms with E-state index in [1.165, 1.54) is 0 Å². The molecular weight excluding hydrogens is 216 g/mol. The van der Waals surface area contributed by atoms with E-state index in [9.17, 15) is 0 Å². The molecule has 0 atom stereocenters. The molecule has 2 heterocycles. The fourth-order valence-electron chi connectivity index (χ4n) is 1.56. The fourth-order valence-corrected chi connectivity index (χ4v) is 1.56. The normalized spacial score (nSPS) is 10.8. The lowest BCUT2D eigenvalue weighted by Gasteiger charge is -2.16. The monoisotopic (exact) mass is 234 g/mol. The van der Waals surface area contributed by atoms with Crippen molar-refractivity contribution in [3.63, 3.8) is 0 Å². The summed E-state index contributed by atoms with van der Waals surface area (Å²) in [5.41, 5.74) is 1.59. The van der Waals surface area contributed by atoms with Crippen molar-refractivity contribution in [3.05, 3.63) is 6.33 Å². The van der Waals surface area contributed by atoms with Gasteiger partial charge in [0.05, 0.1) is 6.33 Å². The third-order valence-corrected chi connectivity index (χ3v) is 2.64. The largest absolute Gasteiger partial charge is 0.358 e. The number of nitrogens with one attached hydrogen (secondary N) is 2. The molecule has 0 spiro atoms. The lowest BCUT2D eigenvalue weighted by Crippen LogP contribution is -2.19. The molecule has 0 saturated heterocycles. The number of anilines is 2. The van der Waals surface area contributed by atoms with Crippen molar-refractivity contribution in [1.29, 1.82) is 0 Å². The molecule has 2 aromatic heterocycles. The maximum atomic E-state index is 4.51. The summed E-state index contributed by atoms with van der Waals surface area (Å²) in [5, 5.41) is 3.19. The van der Waals surface area contributed by atoms with Crippen LogP contribution in [0.25, 0.3) is 11.2 Å². The molecule has 0 aliphatic carbocycles. The van der Waals surface area contributed by atoms with Crippen LogP contribution in [0.3, 0.4) is 0 Å². The number of hydrogen-bond acceptors (Lipinski definition) is 5. The van der Waals surface area contributed by atoms with Gasteiger partial charge >= 0.3 is 0 Å². The van der Waals surface area contributed by atoms with Crippen molar-refractivity contribution in [2.45, 2.75) is 20.3 Å². The van der Waals surface area contributed by atoms with E-state index in [-0.39, 0.29) is 0 Å². The van der Waals surface area contributed by atoms with Gasteiger partial charge in [0.1, 0.15) is 5.52 Å². The third-order valence-electron chi connectivity index (χ3n) is 2.64. The molecule has 6 nitrogen and oxygen atoms in total. The highest BCUT2D eigenvalue weighted by Crippen LogP contribution is 2.21. The van der Waals surface area contributed by atoms with Gasteiger partial charge in [-0.05, 0) is 13.3 Å². The summed E-state index contributed by atoms with van der Waals surface area (Å²) in [5.74, 6) is 1.52. The Labute approximate surface area is 100 Å². The van der Waals surface area contributed by atoms with Crippen molar-refractivity contribution in [3.8, 4) is 0 Å². The summed E-state index contributed by atoms with van der Waals surface area (Å²) in [6, 6.07) is 0. The standard InChI is InChI=1S/C11H18N6/c1-4-6-12-11-15-9-8(13-7-14-9)10(16-11)17(3)5-2/h7H,4-6H2,1-3H3,(H2,12,13,14,15,16). The number of aromatic amines is 1. The van der Waals surface area contributed by atoms with Gasteiger partial charge in [-0.1, -0.05) is 6.92 Å². The second-order valence-corrected chi connectivity index (χ2v) is 3.91. The van der Waals surface area contributed by atoms with E-state index in [4.69, 9.17) is 0 Å². The highest BCUT2D eigenvalue weighted by Gasteiger charge is 2.12. The Morgan fingerprint density at radius 1 is 1.35 bits per heavy atom. The van der Waals surface area contributed by atoms with Crippen LogP contribution in [0, 0.1) is 0 Å². The van der Waals surface area contributed by atoms with E-state index in [1.807, 2.05) is 7.05 Å². The predicted molar refractivity (Wildman–Crippen MR) is 69.4 cm³/mol. The average Bonchev–Trinajstić information content (AvgIpc) is 2.82. The molecule has 6 heteroatoms. The van der Waals surface area contributed by atoms with Gasteiger partial charge in [0, 0.05) is 20.1 Å². The van der Waals surface area contributed by atoms with Crippen molar-refractivity contribution < 1.29 is 0 Å². The molecule has 17 heavy (non-hydrogen) atoms. The Bertz CT molecular complexity index is 492. The van der Waals surface area contributed by atoms with Crippen molar-refractivity contribution in [2.75, 3.05) is 30.4 Å². The Balaban J connectivity index is 2.43. The van der Waals surface area contributed by atoms with E-state index in [0.29, 0.717) is 11.6 Å². The van der Waals surface area contributed by atoms with Crippen LogP contribution in [0.5, 0.6) is 0 Å². The van der Waals surface area contributed by atoms with Crippen LogP contribution in [-0.2, 0) is 0 Å². The van der Waals surface area contributed by atoms with Crippen molar-refractivity contribution >= 4 is 22.9 Å². The summed E-state index contributed by atoms with van der Waals surface area (Å²) in [7, 11) is 2.01. The van der Waals surface area contributed by atoms with Crippen molar-refractivity contribution in [1.82, 2.24) is 19.9 Å². The second-order valence-electron chi connectivity index (χ2n) is 3.91. The van der Waals surface area contributed by atoms with Gasteiger partial charge < -0.3 is 15.2 Å². The van der Waals surface area contributed by atoms with Gasteiger partial charge in [0.25, 0.3) is 0 Å². The van der Waals surface area contributed by atoms with Gasteiger partial charge in [0.15, 0.2) is 11.5 Å². The number of fused-ring (bicyclic) bond motifs is 1. The molecule has 0 bridgehead atoms. The number of rotatable bonds is 5. The van der Waals surface area contributed by atoms with E-state index < -0.39 is 0 Å². The van der Waals surface area contributed by atoms with Crippen LogP contribution >= 0.6 is 0 Å². The first-order chi connectivity index (χ1) is 8.26. The van der Waals surface area contributed by atoms with Gasteiger partial charge in [-0.2, -0.15) is 9.97 Å². The number of H-pyrrole nitrogens is 1. The lowest BCUT2D eigenvalue weighted by molar-refractivity contribution is 0.921. The first-order valence-corrected chi connectivity index (χ1v) is 5.92. The minimum absolute atomic E-state index is 0.641. The Morgan fingerprint density at radius 3 is 2.88 bits per heavy atom. The minimum atomic E-state index is 0.641. The van der Waals surface area contributed by atoms with E-state index in [1.54, 1.807) is 6.33 Å². The van der Waals surface area contributed by atoms with Crippen LogP contribution in [-0.4, -0.2) is 40.1 Å². The van der Waals surface area contributed by atoms with Crippen LogP contribution in [0.15, 0.2) is 6.33 Å². The molecule has 0 aromatic carbocycles. The smallest absolute Gasteiger partial charge is 0.226 e. The van der Waals surface area contributed by atoms with Crippen molar-refractivity contribution in [2.24, 2.45) is 0 Å². The fraction of sp³-hybridized carbons (Fsp3) is 0.545. The number of nitrogens with zero attached hydrogens (tertiary/aromatic N) is 4. The maximum Gasteiger partial charge on any atom is 0.226 e. The quantitative estimate of drug-likeness (QED) is 0.823. The molecule has 0 radical (unpaired) electrons. The Kier molecular flexibility index (Phi) is 3.41. The summed E-state index contributed by atoms with van der Waals surface area (Å²) in [6.07, 6.45) is 2.69. The molecule has 2 N–H and O–H groups in total. The van der Waals surface area contributed by atoms with Crippen LogP contribution in [0.1, 0.15) is 20.3 Å². The average molecular weight is 234 g/mol. The maximum absolute atomic E-state index is 4.51. The second kappa shape index (κ2) is 4.99. The van der Waals surface area contributed by atoms with Gasteiger partial charge in [-0.3, -0.25) is 0 Å². The Hall–Kier alpha value is -1.85. The van der Waals surface area contributed by atoms with Crippen LogP contribution in [0.4, 0.5) is 11.8 Å². The third kappa shape index (κ3) is 2.30. The first kappa shape index (κ1) is 11.6. The van der Waals surface area contributed by atoms with E-state index in [0.717, 1.165) is 30.8 Å². The van der Waals surface area contributed by atoms with Gasteiger partial charge in [-0.25, -0.2) is 4.98 Å². The van der Waals surface area contributed by atoms with Crippen LogP contribution < -0.4 is 10.2 Å². The van der Waals surface area contributed by atoms with Gasteiger partial charge in [0.2, 0.25) is 5.95 Å². The predicted octanol–water partition coefficient (Wildman–Crippen LogP) is 1.63. The molecule has 0 amide bonds. The summed E-state index contributed by atoms with van der Waals surface area (Å²) in [6.45, 7) is 5.95. The SMILES string of the molecule is CCCNc1nc(N(C)CC)c2[nH]cnc2n1.